The molecule has 0 radical (unpaired) electrons. The molecule has 2 amide bonds. The SMILES string of the molecule is CCOc1ccc([C@H](C(=O)NCc2ccccc2)N(Cc2ccc3c(c2)OCO3)C(=O)c2cnccn2)cc1. The molecule has 9 heteroatoms. The molecule has 1 atom stereocenters. The van der Waals surface area contributed by atoms with Gasteiger partial charge in [-0.2, -0.15) is 0 Å². The largest absolute Gasteiger partial charge is 0.494 e. The molecule has 0 saturated heterocycles. The van der Waals surface area contributed by atoms with Gasteiger partial charge in [0.05, 0.1) is 12.8 Å². The van der Waals surface area contributed by atoms with Crippen molar-refractivity contribution >= 4 is 11.8 Å². The molecule has 4 aromatic rings. The molecule has 1 N–H and O–H groups in total. The highest BCUT2D eigenvalue weighted by molar-refractivity contribution is 5.96. The highest BCUT2D eigenvalue weighted by Gasteiger charge is 2.33. The molecule has 198 valence electrons. The summed E-state index contributed by atoms with van der Waals surface area (Å²) in [5.41, 5.74) is 2.47. The number of ether oxygens (including phenoxy) is 3. The smallest absolute Gasteiger partial charge is 0.275 e. The molecule has 0 saturated carbocycles. The van der Waals surface area contributed by atoms with Crippen molar-refractivity contribution in [3.8, 4) is 17.2 Å². The lowest BCUT2D eigenvalue weighted by Crippen LogP contribution is -2.43. The molecule has 1 aliphatic rings. The third-order valence-corrected chi connectivity index (χ3v) is 6.21. The van der Waals surface area contributed by atoms with Crippen molar-refractivity contribution in [3.63, 3.8) is 0 Å². The summed E-state index contributed by atoms with van der Waals surface area (Å²) in [7, 11) is 0. The Morgan fingerprint density at radius 3 is 2.51 bits per heavy atom. The van der Waals surface area contributed by atoms with Crippen molar-refractivity contribution < 1.29 is 23.8 Å². The number of aromatic nitrogens is 2. The van der Waals surface area contributed by atoms with Crippen molar-refractivity contribution in [1.82, 2.24) is 20.2 Å². The Balaban J connectivity index is 1.52. The van der Waals surface area contributed by atoms with Crippen molar-refractivity contribution in [3.05, 3.63) is 114 Å². The van der Waals surface area contributed by atoms with E-state index in [9.17, 15) is 9.59 Å². The molecule has 5 rings (SSSR count). The standard InChI is InChI=1S/C30H28N4O5/c1-2-37-24-11-9-23(10-12-24)28(29(35)33-17-21-6-4-3-5-7-21)34(30(36)25-18-31-14-15-32-25)19-22-8-13-26-27(16-22)39-20-38-26/h3-16,18,28H,2,17,19-20H2,1H3,(H,33,35)/t28-/m1/s1. The van der Waals surface area contributed by atoms with Crippen LogP contribution >= 0.6 is 0 Å². The zero-order valence-corrected chi connectivity index (χ0v) is 21.4. The van der Waals surface area contributed by atoms with Crippen molar-refractivity contribution in [2.24, 2.45) is 0 Å². The van der Waals surface area contributed by atoms with Gasteiger partial charge >= 0.3 is 0 Å². The quantitative estimate of drug-likeness (QED) is 0.330. The van der Waals surface area contributed by atoms with Crippen molar-refractivity contribution in [2.75, 3.05) is 13.4 Å². The summed E-state index contributed by atoms with van der Waals surface area (Å²) >= 11 is 0. The molecule has 0 aliphatic carbocycles. The zero-order chi connectivity index (χ0) is 27.0. The minimum absolute atomic E-state index is 0.114. The van der Waals surface area contributed by atoms with Crippen LogP contribution in [0.3, 0.4) is 0 Å². The van der Waals surface area contributed by atoms with E-state index in [1.807, 2.05) is 49.4 Å². The predicted octanol–water partition coefficient (Wildman–Crippen LogP) is 4.30. The van der Waals surface area contributed by atoms with Gasteiger partial charge in [-0.05, 0) is 47.9 Å². The molecular weight excluding hydrogens is 496 g/mol. The summed E-state index contributed by atoms with van der Waals surface area (Å²) < 4.78 is 16.6. The number of hydrogen-bond acceptors (Lipinski definition) is 7. The number of carbonyl (C=O) groups excluding carboxylic acids is 2. The summed E-state index contributed by atoms with van der Waals surface area (Å²) in [6.07, 6.45) is 4.34. The van der Waals surface area contributed by atoms with Crippen LogP contribution in [0.25, 0.3) is 0 Å². The number of carbonyl (C=O) groups is 2. The molecule has 0 fully saturated rings. The van der Waals surface area contributed by atoms with E-state index >= 15 is 0 Å². The van der Waals surface area contributed by atoms with Gasteiger partial charge < -0.3 is 24.4 Å². The van der Waals surface area contributed by atoms with E-state index in [-0.39, 0.29) is 24.9 Å². The summed E-state index contributed by atoms with van der Waals surface area (Å²) in [6, 6.07) is 21.3. The molecule has 3 aromatic carbocycles. The summed E-state index contributed by atoms with van der Waals surface area (Å²) in [4.78, 5) is 37.6. The molecule has 1 aromatic heterocycles. The van der Waals surface area contributed by atoms with Crippen LogP contribution in [0.2, 0.25) is 0 Å². The number of fused-ring (bicyclic) bond motifs is 1. The van der Waals surface area contributed by atoms with Crippen LogP contribution in [0.5, 0.6) is 17.2 Å². The fourth-order valence-electron chi connectivity index (χ4n) is 4.34. The number of nitrogens with one attached hydrogen (secondary N) is 1. The van der Waals surface area contributed by atoms with Gasteiger partial charge in [-0.1, -0.05) is 48.5 Å². The minimum atomic E-state index is -0.968. The van der Waals surface area contributed by atoms with E-state index < -0.39 is 11.9 Å². The van der Waals surface area contributed by atoms with Gasteiger partial charge in [0.1, 0.15) is 17.5 Å². The fraction of sp³-hybridized carbons (Fsp3) is 0.200. The van der Waals surface area contributed by atoms with E-state index in [2.05, 4.69) is 15.3 Å². The highest BCUT2D eigenvalue weighted by Crippen LogP contribution is 2.34. The molecule has 39 heavy (non-hydrogen) atoms. The lowest BCUT2D eigenvalue weighted by molar-refractivity contribution is -0.126. The number of amides is 2. The molecule has 0 unspecified atom stereocenters. The van der Waals surface area contributed by atoms with E-state index in [1.54, 1.807) is 30.3 Å². The molecule has 1 aliphatic heterocycles. The summed E-state index contributed by atoms with van der Waals surface area (Å²) in [6.45, 7) is 2.98. The second kappa shape index (κ2) is 12.1. The average molecular weight is 525 g/mol. The molecule has 9 nitrogen and oxygen atoms in total. The first-order chi connectivity index (χ1) is 19.1. The van der Waals surface area contributed by atoms with Gasteiger partial charge in [-0.3, -0.25) is 14.6 Å². The molecule has 0 bridgehead atoms. The van der Waals surface area contributed by atoms with Crippen molar-refractivity contribution in [1.29, 1.82) is 0 Å². The first kappa shape index (κ1) is 25.7. The van der Waals surface area contributed by atoms with Crippen LogP contribution in [-0.4, -0.2) is 40.1 Å². The average Bonchev–Trinajstić information content (AvgIpc) is 3.45. The van der Waals surface area contributed by atoms with E-state index in [4.69, 9.17) is 14.2 Å². The Labute approximate surface area is 226 Å². The normalized spacial score (nSPS) is 12.4. The topological polar surface area (TPSA) is 103 Å². The van der Waals surface area contributed by atoms with Crippen LogP contribution in [-0.2, 0) is 17.9 Å². The Hall–Kier alpha value is -4.92. The number of benzene rings is 3. The number of hydrogen-bond donors (Lipinski definition) is 1. The second-order valence-corrected chi connectivity index (χ2v) is 8.82. The predicted molar refractivity (Wildman–Crippen MR) is 143 cm³/mol. The monoisotopic (exact) mass is 524 g/mol. The minimum Gasteiger partial charge on any atom is -0.494 e. The Morgan fingerprint density at radius 2 is 1.77 bits per heavy atom. The van der Waals surface area contributed by atoms with Crippen LogP contribution in [0.1, 0.15) is 40.1 Å². The van der Waals surface area contributed by atoms with Gasteiger partial charge in [0.25, 0.3) is 5.91 Å². The van der Waals surface area contributed by atoms with Gasteiger partial charge in [0.2, 0.25) is 12.7 Å². The molecular formula is C30H28N4O5. The Bertz CT molecular complexity index is 1410. The molecule has 0 spiro atoms. The maximum Gasteiger partial charge on any atom is 0.275 e. The highest BCUT2D eigenvalue weighted by atomic mass is 16.7. The van der Waals surface area contributed by atoms with Crippen molar-refractivity contribution in [2.45, 2.75) is 26.1 Å². The fourth-order valence-corrected chi connectivity index (χ4v) is 4.34. The van der Waals surface area contributed by atoms with Gasteiger partial charge in [0, 0.05) is 25.5 Å². The summed E-state index contributed by atoms with van der Waals surface area (Å²) in [5.74, 6) is 1.13. The second-order valence-electron chi connectivity index (χ2n) is 8.82. The van der Waals surface area contributed by atoms with Gasteiger partial charge in [-0.15, -0.1) is 0 Å². The van der Waals surface area contributed by atoms with Gasteiger partial charge in [-0.25, -0.2) is 4.98 Å². The summed E-state index contributed by atoms with van der Waals surface area (Å²) in [5, 5.41) is 3.01. The maximum absolute atomic E-state index is 13.9. The maximum atomic E-state index is 13.9. The first-order valence-electron chi connectivity index (χ1n) is 12.6. The van der Waals surface area contributed by atoms with Crippen LogP contribution in [0, 0.1) is 0 Å². The first-order valence-corrected chi connectivity index (χ1v) is 12.6. The molecule has 2 heterocycles. The van der Waals surface area contributed by atoms with Crippen LogP contribution in [0.15, 0.2) is 91.4 Å². The zero-order valence-electron chi connectivity index (χ0n) is 21.4. The Morgan fingerprint density at radius 1 is 0.974 bits per heavy atom. The lowest BCUT2D eigenvalue weighted by atomic mass is 10.0. The van der Waals surface area contributed by atoms with E-state index in [0.717, 1.165) is 11.1 Å². The number of rotatable bonds is 10. The number of nitrogens with zero attached hydrogens (tertiary/aromatic N) is 3. The van der Waals surface area contributed by atoms with E-state index in [1.165, 1.54) is 23.5 Å². The van der Waals surface area contributed by atoms with Crippen LogP contribution in [0.4, 0.5) is 0 Å². The third kappa shape index (κ3) is 6.15. The van der Waals surface area contributed by atoms with Gasteiger partial charge in [0.15, 0.2) is 11.5 Å². The third-order valence-electron chi connectivity index (χ3n) is 6.21. The van der Waals surface area contributed by atoms with E-state index in [0.29, 0.717) is 36.0 Å². The Kier molecular flexibility index (Phi) is 7.97. The lowest BCUT2D eigenvalue weighted by Gasteiger charge is -2.31. The van der Waals surface area contributed by atoms with Crippen LogP contribution < -0.4 is 19.5 Å².